The van der Waals surface area contributed by atoms with Crippen molar-refractivity contribution in [2.75, 3.05) is 6.54 Å². The van der Waals surface area contributed by atoms with Gasteiger partial charge in [0.05, 0.1) is 0 Å². The number of nitrogens with two attached hydrogens (primary N) is 1. The van der Waals surface area contributed by atoms with Crippen LogP contribution in [0.5, 0.6) is 0 Å². The standard InChI is InChI=1S/C9H13F3N4/c10-9(11,12)6-2-1-5-16-8(6)14-7(15-16)3-4-13/h6H,1-5,13H2. The molecule has 0 bridgehead atoms. The Kier molecular flexibility index (Phi) is 2.88. The Balaban J connectivity index is 2.31. The summed E-state index contributed by atoms with van der Waals surface area (Å²) in [6.45, 7) is 0.861. The largest absolute Gasteiger partial charge is 0.398 e. The number of fused-ring (bicyclic) bond motifs is 1. The van der Waals surface area contributed by atoms with Gasteiger partial charge in [0.15, 0.2) is 5.82 Å². The molecule has 1 aliphatic rings. The minimum atomic E-state index is -4.23. The average molecular weight is 234 g/mol. The van der Waals surface area contributed by atoms with Crippen molar-refractivity contribution in [3.63, 3.8) is 0 Å². The fraction of sp³-hybridized carbons (Fsp3) is 0.778. The van der Waals surface area contributed by atoms with Gasteiger partial charge < -0.3 is 5.73 Å². The van der Waals surface area contributed by atoms with Gasteiger partial charge in [-0.05, 0) is 19.4 Å². The fourth-order valence-electron chi connectivity index (χ4n) is 1.94. The maximum atomic E-state index is 12.7. The van der Waals surface area contributed by atoms with Crippen LogP contribution in [0, 0.1) is 0 Å². The third kappa shape index (κ3) is 2.04. The molecule has 0 fully saturated rings. The summed E-state index contributed by atoms with van der Waals surface area (Å²) in [5.74, 6) is -1.02. The summed E-state index contributed by atoms with van der Waals surface area (Å²) in [6, 6.07) is 0. The quantitative estimate of drug-likeness (QED) is 0.837. The van der Waals surface area contributed by atoms with Gasteiger partial charge in [0.25, 0.3) is 0 Å². The number of hydrogen-bond donors (Lipinski definition) is 1. The summed E-state index contributed by atoms with van der Waals surface area (Å²) in [7, 11) is 0. The smallest absolute Gasteiger partial charge is 0.330 e. The Morgan fingerprint density at radius 3 is 2.81 bits per heavy atom. The predicted molar refractivity (Wildman–Crippen MR) is 50.8 cm³/mol. The van der Waals surface area contributed by atoms with Gasteiger partial charge in [-0.1, -0.05) is 0 Å². The second kappa shape index (κ2) is 4.04. The first kappa shape index (κ1) is 11.4. The Labute approximate surface area is 90.6 Å². The highest BCUT2D eigenvalue weighted by Crippen LogP contribution is 2.39. The number of alkyl halides is 3. The van der Waals surface area contributed by atoms with Crippen LogP contribution in [0.2, 0.25) is 0 Å². The van der Waals surface area contributed by atoms with E-state index in [1.807, 2.05) is 0 Å². The lowest BCUT2D eigenvalue weighted by atomic mass is 9.99. The van der Waals surface area contributed by atoms with Crippen LogP contribution in [0.15, 0.2) is 0 Å². The molecule has 1 aromatic rings. The highest BCUT2D eigenvalue weighted by atomic mass is 19.4. The monoisotopic (exact) mass is 234 g/mol. The van der Waals surface area contributed by atoms with Crippen molar-refractivity contribution in [3.05, 3.63) is 11.6 Å². The number of halogens is 3. The van der Waals surface area contributed by atoms with E-state index in [1.165, 1.54) is 4.68 Å². The second-order valence-corrected chi connectivity index (χ2v) is 3.88. The van der Waals surface area contributed by atoms with Gasteiger partial charge in [0, 0.05) is 13.0 Å². The summed E-state index contributed by atoms with van der Waals surface area (Å²) in [5.41, 5.74) is 5.33. The second-order valence-electron chi connectivity index (χ2n) is 3.88. The molecule has 1 atom stereocenters. The van der Waals surface area contributed by atoms with E-state index in [0.717, 1.165) is 0 Å². The minimum Gasteiger partial charge on any atom is -0.330 e. The van der Waals surface area contributed by atoms with E-state index in [0.29, 0.717) is 31.8 Å². The van der Waals surface area contributed by atoms with Gasteiger partial charge in [-0.3, -0.25) is 0 Å². The zero-order valence-corrected chi connectivity index (χ0v) is 8.67. The molecule has 90 valence electrons. The van der Waals surface area contributed by atoms with Crippen LogP contribution in [0.4, 0.5) is 13.2 Å². The van der Waals surface area contributed by atoms with E-state index in [2.05, 4.69) is 10.1 Å². The molecule has 2 rings (SSSR count). The number of hydrogen-bond acceptors (Lipinski definition) is 3. The van der Waals surface area contributed by atoms with E-state index in [1.54, 1.807) is 0 Å². The summed E-state index contributed by atoms with van der Waals surface area (Å²) in [6.07, 6.45) is -3.22. The summed E-state index contributed by atoms with van der Waals surface area (Å²) in [4.78, 5) is 3.94. The maximum Gasteiger partial charge on any atom is 0.398 e. The molecule has 0 saturated carbocycles. The molecule has 7 heteroatoms. The van der Waals surface area contributed by atoms with Crippen LogP contribution >= 0.6 is 0 Å². The molecule has 1 unspecified atom stereocenters. The third-order valence-electron chi connectivity index (χ3n) is 2.68. The average Bonchev–Trinajstić information content (AvgIpc) is 2.58. The summed E-state index contributed by atoms with van der Waals surface area (Å²) < 4.78 is 39.5. The number of aryl methyl sites for hydroxylation is 1. The highest BCUT2D eigenvalue weighted by Gasteiger charge is 2.45. The molecular weight excluding hydrogens is 221 g/mol. The molecule has 0 spiro atoms. The van der Waals surface area contributed by atoms with Crippen molar-refractivity contribution >= 4 is 0 Å². The molecule has 4 nitrogen and oxygen atoms in total. The number of rotatable bonds is 2. The Morgan fingerprint density at radius 2 is 2.19 bits per heavy atom. The molecule has 0 amide bonds. The summed E-state index contributed by atoms with van der Waals surface area (Å²) >= 11 is 0. The molecule has 2 N–H and O–H groups in total. The number of aromatic nitrogens is 3. The van der Waals surface area contributed by atoms with Gasteiger partial charge in [-0.15, -0.1) is 0 Å². The highest BCUT2D eigenvalue weighted by molar-refractivity contribution is 5.06. The lowest BCUT2D eigenvalue weighted by molar-refractivity contribution is -0.156. The molecule has 1 aliphatic heterocycles. The van der Waals surface area contributed by atoms with Crippen molar-refractivity contribution in [1.82, 2.24) is 14.8 Å². The molecule has 16 heavy (non-hydrogen) atoms. The normalized spacial score (nSPS) is 20.9. The molecule has 1 aromatic heterocycles. The first-order valence-electron chi connectivity index (χ1n) is 5.23. The van der Waals surface area contributed by atoms with E-state index in [-0.39, 0.29) is 12.2 Å². The van der Waals surface area contributed by atoms with E-state index >= 15 is 0 Å². The molecule has 0 radical (unpaired) electrons. The molecule has 0 saturated heterocycles. The van der Waals surface area contributed by atoms with E-state index in [4.69, 9.17) is 5.73 Å². The van der Waals surface area contributed by atoms with Gasteiger partial charge in [-0.25, -0.2) is 9.67 Å². The van der Waals surface area contributed by atoms with E-state index < -0.39 is 12.1 Å². The first-order valence-corrected chi connectivity index (χ1v) is 5.23. The third-order valence-corrected chi connectivity index (χ3v) is 2.68. The molecule has 0 aliphatic carbocycles. The topological polar surface area (TPSA) is 56.7 Å². The van der Waals surface area contributed by atoms with Crippen LogP contribution in [-0.4, -0.2) is 27.5 Å². The zero-order chi connectivity index (χ0) is 11.8. The predicted octanol–water partition coefficient (Wildman–Crippen LogP) is 1.22. The SMILES string of the molecule is NCCc1nc2n(n1)CCCC2C(F)(F)F. The number of nitrogens with zero attached hydrogens (tertiary/aromatic N) is 3. The Hall–Kier alpha value is -1.11. The maximum absolute atomic E-state index is 12.7. The lowest BCUT2D eigenvalue weighted by Crippen LogP contribution is -2.28. The van der Waals surface area contributed by atoms with Gasteiger partial charge >= 0.3 is 6.18 Å². The van der Waals surface area contributed by atoms with Crippen LogP contribution in [0.3, 0.4) is 0 Å². The van der Waals surface area contributed by atoms with Crippen molar-refractivity contribution in [1.29, 1.82) is 0 Å². The Morgan fingerprint density at radius 1 is 1.44 bits per heavy atom. The molecule has 0 aromatic carbocycles. The zero-order valence-electron chi connectivity index (χ0n) is 8.67. The first-order chi connectivity index (χ1) is 7.52. The summed E-state index contributed by atoms with van der Waals surface area (Å²) in [5, 5.41) is 4.03. The van der Waals surface area contributed by atoms with Gasteiger partial charge in [0.1, 0.15) is 11.7 Å². The fourth-order valence-corrected chi connectivity index (χ4v) is 1.94. The van der Waals surface area contributed by atoms with Crippen LogP contribution in [0.1, 0.15) is 30.4 Å². The lowest BCUT2D eigenvalue weighted by Gasteiger charge is -2.23. The minimum absolute atomic E-state index is 0.0437. The van der Waals surface area contributed by atoms with Crippen molar-refractivity contribution in [2.24, 2.45) is 5.73 Å². The van der Waals surface area contributed by atoms with Crippen molar-refractivity contribution in [2.45, 2.75) is 37.9 Å². The van der Waals surface area contributed by atoms with Gasteiger partial charge in [-0.2, -0.15) is 18.3 Å². The van der Waals surface area contributed by atoms with Crippen LogP contribution in [-0.2, 0) is 13.0 Å². The van der Waals surface area contributed by atoms with Crippen molar-refractivity contribution < 1.29 is 13.2 Å². The van der Waals surface area contributed by atoms with Crippen LogP contribution < -0.4 is 5.73 Å². The molecule has 2 heterocycles. The Bertz CT molecular complexity index is 371. The van der Waals surface area contributed by atoms with Gasteiger partial charge in [0.2, 0.25) is 0 Å². The van der Waals surface area contributed by atoms with Crippen molar-refractivity contribution in [3.8, 4) is 0 Å². The van der Waals surface area contributed by atoms with Crippen LogP contribution in [0.25, 0.3) is 0 Å². The molecular formula is C9H13F3N4. The van der Waals surface area contributed by atoms with E-state index in [9.17, 15) is 13.2 Å².